The molecule has 0 N–H and O–H groups in total. The Morgan fingerprint density at radius 3 is 2.41 bits per heavy atom. The first-order valence-electron chi connectivity index (χ1n) is 8.04. The summed E-state index contributed by atoms with van der Waals surface area (Å²) in [6.45, 7) is 3.66. The molecule has 0 radical (unpaired) electrons. The number of ether oxygens (including phenoxy) is 1. The van der Waals surface area contributed by atoms with E-state index in [1.165, 1.54) is 16.8 Å². The summed E-state index contributed by atoms with van der Waals surface area (Å²) < 4.78 is 44.6. The van der Waals surface area contributed by atoms with Crippen molar-refractivity contribution in [1.82, 2.24) is 20.0 Å². The Morgan fingerprint density at radius 1 is 1.15 bits per heavy atom. The van der Waals surface area contributed by atoms with Crippen LogP contribution in [0.25, 0.3) is 17.1 Å². The van der Waals surface area contributed by atoms with E-state index in [-0.39, 0.29) is 18.0 Å². The normalized spacial score (nSPS) is 11.4. The minimum Gasteiger partial charge on any atom is -0.461 e. The number of esters is 1. The molecule has 0 bridgehead atoms. The minimum absolute atomic E-state index is 0.0619. The van der Waals surface area contributed by atoms with Gasteiger partial charge in [0.25, 0.3) is 0 Å². The van der Waals surface area contributed by atoms with E-state index in [1.54, 1.807) is 25.3 Å². The highest BCUT2D eigenvalue weighted by molar-refractivity contribution is 5.93. The summed E-state index contributed by atoms with van der Waals surface area (Å²) in [6.07, 6.45) is -2.84. The zero-order valence-corrected chi connectivity index (χ0v) is 14.5. The van der Waals surface area contributed by atoms with Gasteiger partial charge >= 0.3 is 12.1 Å². The largest absolute Gasteiger partial charge is 0.461 e. The van der Waals surface area contributed by atoms with Crippen molar-refractivity contribution in [1.29, 1.82) is 0 Å². The van der Waals surface area contributed by atoms with Crippen LogP contribution < -0.4 is 0 Å². The lowest BCUT2D eigenvalue weighted by Crippen LogP contribution is -2.09. The van der Waals surface area contributed by atoms with Crippen LogP contribution in [0.5, 0.6) is 0 Å². The van der Waals surface area contributed by atoms with Crippen LogP contribution in [0.1, 0.15) is 28.5 Å². The van der Waals surface area contributed by atoms with E-state index in [1.807, 2.05) is 6.92 Å². The molecule has 0 unspecified atom stereocenters. The van der Waals surface area contributed by atoms with Crippen molar-refractivity contribution in [3.8, 4) is 17.1 Å². The molecule has 1 aromatic carbocycles. The zero-order chi connectivity index (χ0) is 19.6. The standard InChI is InChI=1S/C18H15F3N4O2/c1-3-27-17(26)15-16(14-9-4-11(2)10-22-14)25(24-23-15)13-7-5-12(6-8-13)18(19,20)21/h4-10H,3H2,1-2H3. The molecule has 0 saturated heterocycles. The number of alkyl halides is 3. The van der Waals surface area contributed by atoms with Crippen LogP contribution in [0.3, 0.4) is 0 Å². The fourth-order valence-corrected chi connectivity index (χ4v) is 2.43. The summed E-state index contributed by atoms with van der Waals surface area (Å²) in [5.74, 6) is -0.687. The van der Waals surface area contributed by atoms with Gasteiger partial charge in [0.2, 0.25) is 5.69 Å². The molecule has 0 aliphatic rings. The fourth-order valence-electron chi connectivity index (χ4n) is 2.43. The number of pyridine rings is 1. The average Bonchev–Trinajstić information content (AvgIpc) is 3.07. The summed E-state index contributed by atoms with van der Waals surface area (Å²) in [7, 11) is 0. The van der Waals surface area contributed by atoms with Crippen LogP contribution in [0.4, 0.5) is 13.2 Å². The number of aryl methyl sites for hydroxylation is 1. The Hall–Kier alpha value is -3.23. The molecule has 6 nitrogen and oxygen atoms in total. The molecule has 0 aliphatic carbocycles. The van der Waals surface area contributed by atoms with Crippen LogP contribution in [0.2, 0.25) is 0 Å². The number of halogens is 3. The number of hydrogen-bond donors (Lipinski definition) is 0. The maximum Gasteiger partial charge on any atom is 0.416 e. The van der Waals surface area contributed by atoms with Crippen molar-refractivity contribution in [3.63, 3.8) is 0 Å². The molecule has 0 spiro atoms. The van der Waals surface area contributed by atoms with Crippen molar-refractivity contribution in [2.45, 2.75) is 20.0 Å². The van der Waals surface area contributed by atoms with Crippen LogP contribution in [-0.2, 0) is 10.9 Å². The number of aromatic nitrogens is 4. The molecule has 3 rings (SSSR count). The van der Waals surface area contributed by atoms with Crippen LogP contribution in [0, 0.1) is 6.92 Å². The first-order valence-corrected chi connectivity index (χ1v) is 8.04. The quantitative estimate of drug-likeness (QED) is 0.647. The van der Waals surface area contributed by atoms with Gasteiger partial charge in [-0.15, -0.1) is 5.10 Å². The molecule has 0 aliphatic heterocycles. The van der Waals surface area contributed by atoms with Crippen LogP contribution in [0.15, 0.2) is 42.6 Å². The molecule has 140 valence electrons. The number of rotatable bonds is 4. The first-order chi connectivity index (χ1) is 12.8. The van der Waals surface area contributed by atoms with Crippen molar-refractivity contribution >= 4 is 5.97 Å². The predicted octanol–water partition coefficient (Wildman–Crippen LogP) is 3.83. The average molecular weight is 376 g/mol. The number of carbonyl (C=O) groups is 1. The summed E-state index contributed by atoms with van der Waals surface area (Å²) in [5, 5.41) is 7.78. The van der Waals surface area contributed by atoms with Gasteiger partial charge in [0, 0.05) is 6.20 Å². The van der Waals surface area contributed by atoms with Crippen LogP contribution in [-0.4, -0.2) is 32.6 Å². The summed E-state index contributed by atoms with van der Waals surface area (Å²) >= 11 is 0. The van der Waals surface area contributed by atoms with Gasteiger partial charge in [0.15, 0.2) is 0 Å². The third kappa shape index (κ3) is 3.81. The maximum atomic E-state index is 12.8. The van der Waals surface area contributed by atoms with Gasteiger partial charge in [0.05, 0.1) is 23.6 Å². The van der Waals surface area contributed by atoms with Crippen LogP contribution >= 0.6 is 0 Å². The lowest BCUT2D eigenvalue weighted by Gasteiger charge is -2.10. The first kappa shape index (κ1) is 18.6. The Balaban J connectivity index is 2.13. The van der Waals surface area contributed by atoms with Gasteiger partial charge in [0.1, 0.15) is 5.69 Å². The van der Waals surface area contributed by atoms with Gasteiger partial charge in [-0.05, 0) is 49.7 Å². The molecular formula is C18H15F3N4O2. The highest BCUT2D eigenvalue weighted by atomic mass is 19.4. The van der Waals surface area contributed by atoms with E-state index < -0.39 is 17.7 Å². The molecule has 0 saturated carbocycles. The molecule has 2 aromatic heterocycles. The lowest BCUT2D eigenvalue weighted by molar-refractivity contribution is -0.137. The van der Waals surface area contributed by atoms with E-state index in [0.29, 0.717) is 11.4 Å². The summed E-state index contributed by atoms with van der Waals surface area (Å²) in [6, 6.07) is 7.85. The lowest BCUT2D eigenvalue weighted by atomic mass is 10.1. The Morgan fingerprint density at radius 2 is 1.85 bits per heavy atom. The van der Waals surface area contributed by atoms with Crippen molar-refractivity contribution < 1.29 is 22.7 Å². The molecular weight excluding hydrogens is 361 g/mol. The van der Waals surface area contributed by atoms with Gasteiger partial charge in [-0.25, -0.2) is 9.48 Å². The topological polar surface area (TPSA) is 69.9 Å². The van der Waals surface area contributed by atoms with E-state index in [0.717, 1.165) is 17.7 Å². The third-order valence-corrected chi connectivity index (χ3v) is 3.73. The smallest absolute Gasteiger partial charge is 0.416 e. The van der Waals surface area contributed by atoms with Gasteiger partial charge < -0.3 is 4.74 Å². The predicted molar refractivity (Wildman–Crippen MR) is 90.3 cm³/mol. The highest BCUT2D eigenvalue weighted by Crippen LogP contribution is 2.30. The van der Waals surface area contributed by atoms with E-state index in [2.05, 4.69) is 15.3 Å². The SMILES string of the molecule is CCOC(=O)c1nnn(-c2ccc(C(F)(F)F)cc2)c1-c1ccc(C)cn1. The molecule has 27 heavy (non-hydrogen) atoms. The second-order valence-electron chi connectivity index (χ2n) is 5.68. The van der Waals surface area contributed by atoms with Gasteiger partial charge in [-0.2, -0.15) is 13.2 Å². The summed E-state index contributed by atoms with van der Waals surface area (Å²) in [5.41, 5.74) is 1.01. The Labute approximate surface area is 152 Å². The number of benzene rings is 1. The molecule has 3 aromatic rings. The number of carbonyl (C=O) groups excluding carboxylic acids is 1. The Bertz CT molecular complexity index is 948. The molecule has 2 heterocycles. The molecule has 0 amide bonds. The monoisotopic (exact) mass is 376 g/mol. The third-order valence-electron chi connectivity index (χ3n) is 3.73. The maximum absolute atomic E-state index is 12.8. The van der Waals surface area contributed by atoms with E-state index in [4.69, 9.17) is 4.74 Å². The van der Waals surface area contributed by atoms with Crippen molar-refractivity contribution in [3.05, 3.63) is 59.4 Å². The fraction of sp³-hybridized carbons (Fsp3) is 0.222. The van der Waals surface area contributed by atoms with Gasteiger partial charge in [-0.3, -0.25) is 4.98 Å². The Kier molecular flexibility index (Phi) is 4.93. The minimum atomic E-state index is -4.45. The number of nitrogens with zero attached hydrogens (tertiary/aromatic N) is 4. The molecule has 9 heteroatoms. The van der Waals surface area contributed by atoms with E-state index in [9.17, 15) is 18.0 Å². The second-order valence-corrected chi connectivity index (χ2v) is 5.68. The summed E-state index contributed by atoms with van der Waals surface area (Å²) in [4.78, 5) is 16.5. The molecule has 0 fully saturated rings. The van der Waals surface area contributed by atoms with Gasteiger partial charge in [-0.1, -0.05) is 11.3 Å². The highest BCUT2D eigenvalue weighted by Gasteiger charge is 2.30. The van der Waals surface area contributed by atoms with E-state index >= 15 is 0 Å². The molecule has 0 atom stereocenters. The van der Waals surface area contributed by atoms with Crippen molar-refractivity contribution in [2.75, 3.05) is 6.61 Å². The zero-order valence-electron chi connectivity index (χ0n) is 14.5. The number of hydrogen-bond acceptors (Lipinski definition) is 5. The second kappa shape index (κ2) is 7.18. The van der Waals surface area contributed by atoms with Crippen molar-refractivity contribution in [2.24, 2.45) is 0 Å².